The SMILES string of the molecule is COC1(CNC(=O)NCc2cc(C(=O)O)ccn2)CCC1. The van der Waals surface area contributed by atoms with Crippen molar-refractivity contribution >= 4 is 12.0 Å². The van der Waals surface area contributed by atoms with E-state index < -0.39 is 5.97 Å². The smallest absolute Gasteiger partial charge is 0.335 e. The van der Waals surface area contributed by atoms with Crippen molar-refractivity contribution in [2.24, 2.45) is 0 Å². The molecule has 0 bridgehead atoms. The minimum Gasteiger partial charge on any atom is -0.478 e. The van der Waals surface area contributed by atoms with Gasteiger partial charge >= 0.3 is 12.0 Å². The number of rotatable bonds is 6. The Kier molecular flexibility index (Phi) is 4.74. The number of hydrogen-bond acceptors (Lipinski definition) is 4. The number of urea groups is 1. The summed E-state index contributed by atoms with van der Waals surface area (Å²) in [7, 11) is 1.65. The van der Waals surface area contributed by atoms with Gasteiger partial charge in [-0.15, -0.1) is 0 Å². The molecule has 0 radical (unpaired) electrons. The predicted octanol–water partition coefficient (Wildman–Crippen LogP) is 1.15. The number of nitrogens with zero attached hydrogens (tertiary/aromatic N) is 1. The van der Waals surface area contributed by atoms with Gasteiger partial charge in [0.15, 0.2) is 0 Å². The Morgan fingerprint density at radius 3 is 2.76 bits per heavy atom. The fourth-order valence-corrected chi connectivity index (χ4v) is 2.21. The first-order valence-electron chi connectivity index (χ1n) is 6.80. The molecule has 1 fully saturated rings. The third-order valence-corrected chi connectivity index (χ3v) is 3.76. The number of aromatic nitrogens is 1. The lowest BCUT2D eigenvalue weighted by Crippen LogP contribution is -2.51. The number of amides is 2. The van der Waals surface area contributed by atoms with Gasteiger partial charge in [0, 0.05) is 19.9 Å². The number of nitrogens with one attached hydrogen (secondary N) is 2. The maximum atomic E-state index is 11.7. The van der Waals surface area contributed by atoms with Crippen molar-refractivity contribution in [2.45, 2.75) is 31.4 Å². The summed E-state index contributed by atoms with van der Waals surface area (Å²) in [5.74, 6) is -1.02. The molecule has 1 aromatic heterocycles. The van der Waals surface area contributed by atoms with E-state index in [4.69, 9.17) is 9.84 Å². The summed E-state index contributed by atoms with van der Waals surface area (Å²) >= 11 is 0. The molecule has 0 unspecified atom stereocenters. The molecule has 1 aromatic rings. The highest BCUT2D eigenvalue weighted by molar-refractivity contribution is 5.87. The lowest BCUT2D eigenvalue weighted by atomic mass is 9.80. The van der Waals surface area contributed by atoms with E-state index in [-0.39, 0.29) is 23.7 Å². The summed E-state index contributed by atoms with van der Waals surface area (Å²) in [4.78, 5) is 26.6. The number of aromatic carboxylic acids is 1. The van der Waals surface area contributed by atoms with Crippen molar-refractivity contribution in [3.63, 3.8) is 0 Å². The van der Waals surface area contributed by atoms with Gasteiger partial charge in [0.25, 0.3) is 0 Å². The van der Waals surface area contributed by atoms with Crippen molar-refractivity contribution in [1.82, 2.24) is 15.6 Å². The number of hydrogen-bond donors (Lipinski definition) is 3. The van der Waals surface area contributed by atoms with Crippen LogP contribution in [-0.4, -0.2) is 41.3 Å². The van der Waals surface area contributed by atoms with Gasteiger partial charge in [-0.25, -0.2) is 9.59 Å². The van der Waals surface area contributed by atoms with Crippen LogP contribution in [-0.2, 0) is 11.3 Å². The summed E-state index contributed by atoms with van der Waals surface area (Å²) < 4.78 is 5.41. The summed E-state index contributed by atoms with van der Waals surface area (Å²) in [5, 5.41) is 14.3. The molecule has 2 rings (SSSR count). The first kappa shape index (κ1) is 15.2. The predicted molar refractivity (Wildman–Crippen MR) is 75.0 cm³/mol. The summed E-state index contributed by atoms with van der Waals surface area (Å²) in [5.41, 5.74) is 0.420. The topological polar surface area (TPSA) is 101 Å². The second-order valence-electron chi connectivity index (χ2n) is 5.12. The van der Waals surface area contributed by atoms with E-state index in [0.717, 1.165) is 19.3 Å². The Morgan fingerprint density at radius 1 is 1.43 bits per heavy atom. The zero-order valence-corrected chi connectivity index (χ0v) is 11.9. The van der Waals surface area contributed by atoms with Crippen LogP contribution < -0.4 is 10.6 Å². The van der Waals surface area contributed by atoms with E-state index in [9.17, 15) is 9.59 Å². The van der Waals surface area contributed by atoms with Crippen molar-refractivity contribution < 1.29 is 19.4 Å². The van der Waals surface area contributed by atoms with Crippen LogP contribution in [0.15, 0.2) is 18.3 Å². The summed E-state index contributed by atoms with van der Waals surface area (Å²) in [6.07, 6.45) is 4.42. The molecule has 21 heavy (non-hydrogen) atoms. The standard InChI is InChI=1S/C14H19N3O4/c1-21-14(4-2-5-14)9-17-13(20)16-8-11-7-10(12(18)19)3-6-15-11/h3,6-7H,2,4-5,8-9H2,1H3,(H,18,19)(H2,16,17,20). The molecular formula is C14H19N3O4. The van der Waals surface area contributed by atoms with Gasteiger partial charge in [-0.2, -0.15) is 0 Å². The van der Waals surface area contributed by atoms with Gasteiger partial charge in [-0.05, 0) is 31.4 Å². The molecule has 0 aromatic carbocycles. The van der Waals surface area contributed by atoms with Crippen LogP contribution in [0.4, 0.5) is 4.79 Å². The zero-order valence-electron chi connectivity index (χ0n) is 11.9. The Balaban J connectivity index is 1.78. The first-order valence-corrected chi connectivity index (χ1v) is 6.80. The maximum Gasteiger partial charge on any atom is 0.335 e. The van der Waals surface area contributed by atoms with Gasteiger partial charge in [0.2, 0.25) is 0 Å². The minimum absolute atomic E-state index is 0.148. The molecule has 1 aliphatic carbocycles. The average molecular weight is 293 g/mol. The zero-order chi connectivity index (χ0) is 15.3. The Labute approximate surface area is 122 Å². The van der Waals surface area contributed by atoms with E-state index in [0.29, 0.717) is 12.2 Å². The molecule has 3 N–H and O–H groups in total. The minimum atomic E-state index is -1.02. The van der Waals surface area contributed by atoms with Gasteiger partial charge in [0.1, 0.15) is 0 Å². The molecule has 0 atom stereocenters. The number of methoxy groups -OCH3 is 1. The number of carboxylic acids is 1. The molecule has 2 amide bonds. The molecular weight excluding hydrogens is 274 g/mol. The number of ether oxygens (including phenoxy) is 1. The summed E-state index contributed by atoms with van der Waals surface area (Å²) in [6, 6.07) is 2.52. The van der Waals surface area contributed by atoms with Crippen LogP contribution in [0.2, 0.25) is 0 Å². The molecule has 1 aliphatic rings. The van der Waals surface area contributed by atoms with Crippen molar-refractivity contribution in [3.05, 3.63) is 29.6 Å². The quantitative estimate of drug-likeness (QED) is 0.730. The van der Waals surface area contributed by atoms with E-state index in [1.807, 2.05) is 0 Å². The molecule has 114 valence electrons. The Hall–Kier alpha value is -2.15. The maximum absolute atomic E-state index is 11.7. The molecule has 1 saturated carbocycles. The third kappa shape index (κ3) is 3.91. The van der Waals surface area contributed by atoms with Gasteiger partial charge in [-0.1, -0.05) is 0 Å². The number of carbonyl (C=O) groups is 2. The normalized spacial score (nSPS) is 15.9. The molecule has 0 saturated heterocycles. The number of pyridine rings is 1. The number of carboxylic acid groups (broad SMARTS) is 1. The fourth-order valence-electron chi connectivity index (χ4n) is 2.21. The monoisotopic (exact) mass is 293 g/mol. The molecule has 7 heteroatoms. The fraction of sp³-hybridized carbons (Fsp3) is 0.500. The molecule has 0 aliphatic heterocycles. The third-order valence-electron chi connectivity index (χ3n) is 3.76. The van der Waals surface area contributed by atoms with Gasteiger partial charge in [-0.3, -0.25) is 4.98 Å². The van der Waals surface area contributed by atoms with Crippen molar-refractivity contribution in [2.75, 3.05) is 13.7 Å². The Bertz CT molecular complexity index is 523. The highest BCUT2D eigenvalue weighted by Crippen LogP contribution is 2.34. The van der Waals surface area contributed by atoms with Crippen LogP contribution in [0.1, 0.15) is 35.3 Å². The lowest BCUT2D eigenvalue weighted by molar-refractivity contribution is -0.0674. The van der Waals surface area contributed by atoms with Crippen LogP contribution in [0.3, 0.4) is 0 Å². The first-order chi connectivity index (χ1) is 10.0. The van der Waals surface area contributed by atoms with Crippen LogP contribution in [0.25, 0.3) is 0 Å². The molecule has 0 spiro atoms. The van der Waals surface area contributed by atoms with Crippen LogP contribution in [0, 0.1) is 0 Å². The van der Waals surface area contributed by atoms with Gasteiger partial charge < -0.3 is 20.5 Å². The average Bonchev–Trinajstić information content (AvgIpc) is 2.44. The number of carbonyl (C=O) groups excluding carboxylic acids is 1. The molecule has 1 heterocycles. The van der Waals surface area contributed by atoms with E-state index in [1.165, 1.54) is 18.3 Å². The van der Waals surface area contributed by atoms with Crippen molar-refractivity contribution in [1.29, 1.82) is 0 Å². The molecule has 7 nitrogen and oxygen atoms in total. The van der Waals surface area contributed by atoms with Gasteiger partial charge in [0.05, 0.1) is 23.4 Å². The Morgan fingerprint density at radius 2 is 2.19 bits per heavy atom. The lowest BCUT2D eigenvalue weighted by Gasteiger charge is -2.40. The highest BCUT2D eigenvalue weighted by Gasteiger charge is 2.37. The summed E-state index contributed by atoms with van der Waals surface area (Å²) in [6.45, 7) is 0.644. The van der Waals surface area contributed by atoms with E-state index in [2.05, 4.69) is 15.6 Å². The van der Waals surface area contributed by atoms with Crippen LogP contribution >= 0.6 is 0 Å². The van der Waals surface area contributed by atoms with E-state index >= 15 is 0 Å². The van der Waals surface area contributed by atoms with Crippen molar-refractivity contribution in [3.8, 4) is 0 Å². The largest absolute Gasteiger partial charge is 0.478 e. The highest BCUT2D eigenvalue weighted by atomic mass is 16.5. The van der Waals surface area contributed by atoms with Crippen LogP contribution in [0.5, 0.6) is 0 Å². The second-order valence-corrected chi connectivity index (χ2v) is 5.12. The van der Waals surface area contributed by atoms with E-state index in [1.54, 1.807) is 7.11 Å². The second kappa shape index (κ2) is 6.53.